The van der Waals surface area contributed by atoms with Gasteiger partial charge in [-0.05, 0) is 0 Å². The summed E-state index contributed by atoms with van der Waals surface area (Å²) < 4.78 is 13.7. The Balaban J connectivity index is 2.13. The van der Waals surface area contributed by atoms with Crippen LogP contribution in [0.25, 0.3) is 0 Å². The summed E-state index contributed by atoms with van der Waals surface area (Å²) in [6.07, 6.45) is -1.28. The quantitative estimate of drug-likeness (QED) is 0.532. The summed E-state index contributed by atoms with van der Waals surface area (Å²) in [4.78, 5) is 10.1. The van der Waals surface area contributed by atoms with E-state index in [0.29, 0.717) is 0 Å². The van der Waals surface area contributed by atoms with Crippen molar-refractivity contribution in [1.82, 2.24) is 0 Å². The molecule has 1 saturated heterocycles. The second-order valence-electron chi connectivity index (χ2n) is 2.03. The molecule has 1 aliphatic heterocycles. The molecule has 0 bridgehead atoms. The SMILES string of the molecule is NC(=O)OCC1COC(O)O1. The maximum atomic E-state index is 10.1. The van der Waals surface area contributed by atoms with E-state index in [1.54, 1.807) is 0 Å². The molecule has 0 aromatic carbocycles. The van der Waals surface area contributed by atoms with Crippen molar-refractivity contribution in [2.24, 2.45) is 5.73 Å². The van der Waals surface area contributed by atoms with E-state index in [1.807, 2.05) is 0 Å². The molecule has 1 aliphatic rings. The van der Waals surface area contributed by atoms with Gasteiger partial charge in [0.25, 0.3) is 6.48 Å². The van der Waals surface area contributed by atoms with Gasteiger partial charge in [-0.15, -0.1) is 0 Å². The molecule has 1 heterocycles. The van der Waals surface area contributed by atoms with Gasteiger partial charge in [0.1, 0.15) is 12.7 Å². The van der Waals surface area contributed by atoms with Crippen LogP contribution in [0.4, 0.5) is 4.79 Å². The molecule has 1 amide bonds. The van der Waals surface area contributed by atoms with Crippen LogP contribution in [-0.4, -0.2) is 37.0 Å². The Morgan fingerprint density at radius 1 is 1.82 bits per heavy atom. The van der Waals surface area contributed by atoms with Gasteiger partial charge >= 0.3 is 6.09 Å². The average molecular weight is 163 g/mol. The van der Waals surface area contributed by atoms with Crippen LogP contribution in [0.1, 0.15) is 0 Å². The second-order valence-corrected chi connectivity index (χ2v) is 2.03. The fourth-order valence-electron chi connectivity index (χ4n) is 0.695. The summed E-state index contributed by atoms with van der Waals surface area (Å²) in [5, 5.41) is 8.65. The molecular formula is C5H9NO5. The highest BCUT2D eigenvalue weighted by molar-refractivity contribution is 5.64. The number of aliphatic hydroxyl groups excluding tert-OH is 1. The molecule has 6 heteroatoms. The van der Waals surface area contributed by atoms with E-state index in [9.17, 15) is 4.79 Å². The fourth-order valence-corrected chi connectivity index (χ4v) is 0.695. The van der Waals surface area contributed by atoms with Crippen molar-refractivity contribution in [1.29, 1.82) is 0 Å². The molecule has 0 saturated carbocycles. The van der Waals surface area contributed by atoms with Crippen molar-refractivity contribution in [3.05, 3.63) is 0 Å². The van der Waals surface area contributed by atoms with E-state index >= 15 is 0 Å². The summed E-state index contributed by atoms with van der Waals surface area (Å²) in [7, 11) is 0. The second kappa shape index (κ2) is 3.51. The molecule has 11 heavy (non-hydrogen) atoms. The predicted molar refractivity (Wildman–Crippen MR) is 32.4 cm³/mol. The monoisotopic (exact) mass is 163 g/mol. The molecule has 2 unspecified atom stereocenters. The normalized spacial score (nSPS) is 30.3. The molecule has 6 nitrogen and oxygen atoms in total. The third kappa shape index (κ3) is 2.71. The highest BCUT2D eigenvalue weighted by Crippen LogP contribution is 2.08. The van der Waals surface area contributed by atoms with Gasteiger partial charge in [0.2, 0.25) is 0 Å². The summed E-state index contributed by atoms with van der Waals surface area (Å²) in [6.45, 7) is -1.00. The summed E-state index contributed by atoms with van der Waals surface area (Å²) in [5.41, 5.74) is 4.69. The minimum atomic E-state index is -1.21. The maximum absolute atomic E-state index is 10.1. The fraction of sp³-hybridized carbons (Fsp3) is 0.800. The van der Waals surface area contributed by atoms with E-state index < -0.39 is 18.7 Å². The Labute approximate surface area is 62.8 Å². The zero-order chi connectivity index (χ0) is 8.27. The third-order valence-electron chi connectivity index (χ3n) is 1.15. The van der Waals surface area contributed by atoms with E-state index in [4.69, 9.17) is 9.84 Å². The van der Waals surface area contributed by atoms with Crippen LogP contribution in [-0.2, 0) is 14.2 Å². The van der Waals surface area contributed by atoms with E-state index in [-0.39, 0.29) is 13.2 Å². The first-order valence-electron chi connectivity index (χ1n) is 3.06. The number of carbonyl (C=O) groups excluding carboxylic acids is 1. The van der Waals surface area contributed by atoms with Crippen molar-refractivity contribution in [2.45, 2.75) is 12.6 Å². The number of hydrogen-bond acceptors (Lipinski definition) is 5. The van der Waals surface area contributed by atoms with Crippen molar-refractivity contribution >= 4 is 6.09 Å². The number of aliphatic hydroxyl groups is 1. The largest absolute Gasteiger partial charge is 0.447 e. The minimum Gasteiger partial charge on any atom is -0.447 e. The standard InChI is InChI=1S/C5H9NO5/c6-4(7)9-1-3-2-10-5(8)11-3/h3,5,8H,1-2H2,(H2,6,7). The van der Waals surface area contributed by atoms with Gasteiger partial charge in [-0.1, -0.05) is 0 Å². The summed E-state index contributed by atoms with van der Waals surface area (Å²) in [6, 6.07) is 0. The Morgan fingerprint density at radius 3 is 3.00 bits per heavy atom. The van der Waals surface area contributed by atoms with Gasteiger partial charge in [-0.3, -0.25) is 0 Å². The Bertz CT molecular complexity index is 150. The van der Waals surface area contributed by atoms with E-state index in [0.717, 1.165) is 0 Å². The molecule has 3 N–H and O–H groups in total. The van der Waals surface area contributed by atoms with Gasteiger partial charge in [-0.25, -0.2) is 4.79 Å². The van der Waals surface area contributed by atoms with Crippen LogP contribution < -0.4 is 5.73 Å². The van der Waals surface area contributed by atoms with Crippen molar-refractivity contribution in [2.75, 3.05) is 13.2 Å². The van der Waals surface area contributed by atoms with Gasteiger partial charge in [0, 0.05) is 0 Å². The number of ether oxygens (including phenoxy) is 3. The number of amides is 1. The number of rotatable bonds is 2. The Morgan fingerprint density at radius 2 is 2.55 bits per heavy atom. The lowest BCUT2D eigenvalue weighted by Crippen LogP contribution is -2.24. The van der Waals surface area contributed by atoms with Crippen LogP contribution in [0, 0.1) is 0 Å². The maximum Gasteiger partial charge on any atom is 0.404 e. The molecule has 64 valence electrons. The van der Waals surface area contributed by atoms with Gasteiger partial charge in [0.05, 0.1) is 6.61 Å². The molecule has 1 rings (SSSR count). The van der Waals surface area contributed by atoms with Gasteiger partial charge in [0.15, 0.2) is 0 Å². The average Bonchev–Trinajstić information content (AvgIpc) is 2.31. The zero-order valence-electron chi connectivity index (χ0n) is 5.73. The van der Waals surface area contributed by atoms with Crippen molar-refractivity contribution < 1.29 is 24.1 Å². The lowest BCUT2D eigenvalue weighted by atomic mass is 10.4. The van der Waals surface area contributed by atoms with Crippen LogP contribution in [0.15, 0.2) is 0 Å². The predicted octanol–water partition coefficient (Wildman–Crippen LogP) is -1.23. The van der Waals surface area contributed by atoms with Crippen LogP contribution >= 0.6 is 0 Å². The molecule has 2 atom stereocenters. The number of carbonyl (C=O) groups is 1. The first-order chi connectivity index (χ1) is 5.18. The van der Waals surface area contributed by atoms with Gasteiger partial charge < -0.3 is 25.1 Å². The highest BCUT2D eigenvalue weighted by atomic mass is 16.8. The topological polar surface area (TPSA) is 91.0 Å². The molecule has 0 aliphatic carbocycles. The lowest BCUT2D eigenvalue weighted by molar-refractivity contribution is -0.206. The summed E-state index contributed by atoms with van der Waals surface area (Å²) >= 11 is 0. The first-order valence-corrected chi connectivity index (χ1v) is 3.06. The van der Waals surface area contributed by atoms with Crippen LogP contribution in [0.3, 0.4) is 0 Å². The highest BCUT2D eigenvalue weighted by Gasteiger charge is 2.24. The molecule has 1 fully saturated rings. The molecule has 0 aromatic rings. The van der Waals surface area contributed by atoms with Crippen LogP contribution in [0.5, 0.6) is 0 Å². The molecular weight excluding hydrogens is 154 g/mol. The zero-order valence-corrected chi connectivity index (χ0v) is 5.73. The smallest absolute Gasteiger partial charge is 0.404 e. The van der Waals surface area contributed by atoms with E-state index in [2.05, 4.69) is 15.2 Å². The molecule has 0 radical (unpaired) electrons. The van der Waals surface area contributed by atoms with Gasteiger partial charge in [-0.2, -0.15) is 0 Å². The molecule has 0 aromatic heterocycles. The lowest BCUT2D eigenvalue weighted by Gasteiger charge is -2.06. The number of primary amides is 1. The van der Waals surface area contributed by atoms with Crippen molar-refractivity contribution in [3.8, 4) is 0 Å². The van der Waals surface area contributed by atoms with E-state index in [1.165, 1.54) is 0 Å². The van der Waals surface area contributed by atoms with Crippen molar-refractivity contribution in [3.63, 3.8) is 0 Å². The Hall–Kier alpha value is -0.850. The Kier molecular flexibility index (Phi) is 2.64. The number of hydrogen-bond donors (Lipinski definition) is 2. The minimum absolute atomic E-state index is 0.00634. The molecule has 0 spiro atoms. The summed E-state index contributed by atoms with van der Waals surface area (Å²) in [5.74, 6) is 0. The third-order valence-corrected chi connectivity index (χ3v) is 1.15. The number of nitrogens with two attached hydrogens (primary N) is 1. The van der Waals surface area contributed by atoms with Crippen LogP contribution in [0.2, 0.25) is 0 Å². The first kappa shape index (κ1) is 8.25.